The van der Waals surface area contributed by atoms with Crippen LogP contribution in [0.4, 0.5) is 4.39 Å². The molecule has 0 radical (unpaired) electrons. The summed E-state index contributed by atoms with van der Waals surface area (Å²) in [5.41, 5.74) is 0.727. The van der Waals surface area contributed by atoms with E-state index in [1.54, 1.807) is 6.07 Å². The van der Waals surface area contributed by atoms with E-state index in [1.165, 1.54) is 6.07 Å². The van der Waals surface area contributed by atoms with E-state index in [4.69, 9.17) is 16.7 Å². The van der Waals surface area contributed by atoms with Crippen LogP contribution in [-0.4, -0.2) is 11.1 Å². The van der Waals surface area contributed by atoms with E-state index in [9.17, 15) is 9.18 Å². The highest BCUT2D eigenvalue weighted by atomic mass is 79.9. The number of carboxylic acids is 1. The predicted molar refractivity (Wildman–Crippen MR) is 66.8 cm³/mol. The van der Waals surface area contributed by atoms with E-state index in [-0.39, 0.29) is 12.3 Å². The average molecular weight is 322 g/mol. The van der Waals surface area contributed by atoms with E-state index < -0.39 is 11.8 Å². The van der Waals surface area contributed by atoms with Gasteiger partial charge in [0.2, 0.25) is 0 Å². The summed E-state index contributed by atoms with van der Waals surface area (Å²) in [5.74, 6) is -1.03. The molecule has 1 atom stereocenters. The number of carbonyl (C=O) groups is 1. The molecule has 1 aromatic rings. The van der Waals surface area contributed by atoms with Crippen LogP contribution in [-0.2, 0) is 4.79 Å². The van der Waals surface area contributed by atoms with E-state index >= 15 is 0 Å². The molecule has 1 aromatic carbocycles. The van der Waals surface area contributed by atoms with Crippen LogP contribution in [0.2, 0.25) is 5.02 Å². The summed E-state index contributed by atoms with van der Waals surface area (Å²) >= 11 is 9.10. The lowest BCUT2D eigenvalue weighted by Crippen LogP contribution is -2.09. The van der Waals surface area contributed by atoms with E-state index in [2.05, 4.69) is 15.9 Å². The molecule has 0 spiro atoms. The van der Waals surface area contributed by atoms with Gasteiger partial charge >= 0.3 is 5.97 Å². The van der Waals surface area contributed by atoms with Gasteiger partial charge in [-0.25, -0.2) is 4.39 Å². The standard InChI is InChI=1S/C12H11BrClFO2/c13-9-3-8(10(14)5-11(9)15)7(4-12(16)17)6-1-2-6/h3,5-7H,1-2,4H2,(H,16,17). The largest absolute Gasteiger partial charge is 0.481 e. The van der Waals surface area contributed by atoms with Crippen LogP contribution < -0.4 is 0 Å². The molecule has 1 fully saturated rings. The first kappa shape index (κ1) is 12.8. The molecule has 0 aliphatic heterocycles. The lowest BCUT2D eigenvalue weighted by Gasteiger charge is -2.16. The molecule has 1 unspecified atom stereocenters. The van der Waals surface area contributed by atoms with Gasteiger partial charge in [0.05, 0.1) is 10.9 Å². The zero-order valence-electron chi connectivity index (χ0n) is 8.92. The van der Waals surface area contributed by atoms with Crippen molar-refractivity contribution in [3.63, 3.8) is 0 Å². The van der Waals surface area contributed by atoms with Gasteiger partial charge < -0.3 is 5.11 Å². The number of carboxylic acid groups (broad SMARTS) is 1. The summed E-state index contributed by atoms with van der Waals surface area (Å²) < 4.78 is 13.6. The normalized spacial score (nSPS) is 16.9. The van der Waals surface area contributed by atoms with Gasteiger partial charge in [0.1, 0.15) is 5.82 Å². The number of benzene rings is 1. The van der Waals surface area contributed by atoms with Gasteiger partial charge in [-0.05, 0) is 58.3 Å². The molecule has 0 heterocycles. The summed E-state index contributed by atoms with van der Waals surface area (Å²) in [6, 6.07) is 2.84. The molecule has 0 bridgehead atoms. The molecule has 0 amide bonds. The molecular weight excluding hydrogens is 310 g/mol. The van der Waals surface area contributed by atoms with Gasteiger partial charge in [0, 0.05) is 5.02 Å². The lowest BCUT2D eigenvalue weighted by molar-refractivity contribution is -0.137. The van der Waals surface area contributed by atoms with Crippen molar-refractivity contribution >= 4 is 33.5 Å². The van der Waals surface area contributed by atoms with E-state index in [0.29, 0.717) is 15.4 Å². The zero-order chi connectivity index (χ0) is 12.6. The van der Waals surface area contributed by atoms with Crippen LogP contribution in [0, 0.1) is 11.7 Å². The van der Waals surface area contributed by atoms with Gasteiger partial charge in [-0.3, -0.25) is 4.79 Å². The molecule has 17 heavy (non-hydrogen) atoms. The fourth-order valence-electron chi connectivity index (χ4n) is 2.04. The topological polar surface area (TPSA) is 37.3 Å². The monoisotopic (exact) mass is 320 g/mol. The first-order chi connectivity index (χ1) is 7.99. The second kappa shape index (κ2) is 4.94. The van der Waals surface area contributed by atoms with Gasteiger partial charge in [-0.15, -0.1) is 0 Å². The second-order valence-electron chi connectivity index (χ2n) is 4.33. The van der Waals surface area contributed by atoms with Crippen molar-refractivity contribution in [2.75, 3.05) is 0 Å². The molecular formula is C12H11BrClFO2. The summed E-state index contributed by atoms with van der Waals surface area (Å²) in [5, 5.41) is 9.22. The van der Waals surface area contributed by atoms with Crippen molar-refractivity contribution in [3.05, 3.63) is 33.0 Å². The maximum atomic E-state index is 13.3. The third-order valence-electron chi connectivity index (χ3n) is 3.02. The van der Waals surface area contributed by atoms with Crippen LogP contribution in [0.3, 0.4) is 0 Å². The Morgan fingerprint density at radius 2 is 2.24 bits per heavy atom. The SMILES string of the molecule is O=C(O)CC(c1cc(Br)c(F)cc1Cl)C1CC1. The molecule has 1 N–H and O–H groups in total. The van der Waals surface area contributed by atoms with Crippen LogP contribution in [0.5, 0.6) is 0 Å². The van der Waals surface area contributed by atoms with E-state index in [1.807, 2.05) is 0 Å². The summed E-state index contributed by atoms with van der Waals surface area (Å²) in [4.78, 5) is 10.8. The molecule has 92 valence electrons. The van der Waals surface area contributed by atoms with Gasteiger partial charge in [0.15, 0.2) is 0 Å². The molecule has 0 aromatic heterocycles. The van der Waals surface area contributed by atoms with Crippen molar-refractivity contribution in [2.24, 2.45) is 5.92 Å². The fourth-order valence-corrected chi connectivity index (χ4v) is 2.69. The first-order valence-electron chi connectivity index (χ1n) is 5.35. The minimum absolute atomic E-state index is 0.0441. The minimum atomic E-state index is -0.849. The molecule has 0 saturated heterocycles. The summed E-state index contributed by atoms with van der Waals surface area (Å²) in [6.07, 6.45) is 2.08. The fraction of sp³-hybridized carbons (Fsp3) is 0.417. The highest BCUT2D eigenvalue weighted by Gasteiger charge is 2.35. The van der Waals surface area contributed by atoms with Gasteiger partial charge in [-0.2, -0.15) is 0 Å². The molecule has 1 aliphatic rings. The third kappa shape index (κ3) is 2.99. The van der Waals surface area contributed by atoms with Crippen LogP contribution >= 0.6 is 27.5 Å². The number of hydrogen-bond donors (Lipinski definition) is 1. The Hall–Kier alpha value is -0.610. The van der Waals surface area contributed by atoms with Crippen LogP contribution in [0.25, 0.3) is 0 Å². The third-order valence-corrected chi connectivity index (χ3v) is 3.96. The molecule has 2 rings (SSSR count). The van der Waals surface area contributed by atoms with E-state index in [0.717, 1.165) is 18.4 Å². The van der Waals surface area contributed by atoms with Crippen molar-refractivity contribution in [2.45, 2.75) is 25.2 Å². The average Bonchev–Trinajstić information content (AvgIpc) is 3.04. The van der Waals surface area contributed by atoms with Crippen LogP contribution in [0.15, 0.2) is 16.6 Å². The Bertz CT molecular complexity index is 460. The number of hydrogen-bond acceptors (Lipinski definition) is 1. The lowest BCUT2D eigenvalue weighted by atomic mass is 9.91. The van der Waals surface area contributed by atoms with Gasteiger partial charge in [0.25, 0.3) is 0 Å². The quantitative estimate of drug-likeness (QED) is 0.844. The first-order valence-corrected chi connectivity index (χ1v) is 6.52. The van der Waals surface area contributed by atoms with Crippen molar-refractivity contribution < 1.29 is 14.3 Å². The zero-order valence-corrected chi connectivity index (χ0v) is 11.3. The number of halogens is 3. The Kier molecular flexibility index (Phi) is 3.73. The molecule has 1 aliphatic carbocycles. The molecule has 5 heteroatoms. The van der Waals surface area contributed by atoms with Crippen molar-refractivity contribution in [1.29, 1.82) is 0 Å². The van der Waals surface area contributed by atoms with Crippen LogP contribution in [0.1, 0.15) is 30.7 Å². The highest BCUT2D eigenvalue weighted by Crippen LogP contribution is 2.47. The minimum Gasteiger partial charge on any atom is -0.481 e. The Morgan fingerprint density at radius 3 is 2.76 bits per heavy atom. The smallest absolute Gasteiger partial charge is 0.303 e. The predicted octanol–water partition coefficient (Wildman–Crippen LogP) is 4.21. The number of aliphatic carboxylic acids is 1. The summed E-state index contributed by atoms with van der Waals surface area (Å²) in [7, 11) is 0. The van der Waals surface area contributed by atoms with Crippen molar-refractivity contribution in [1.82, 2.24) is 0 Å². The number of rotatable bonds is 4. The Labute approximate surface area is 112 Å². The molecule has 2 nitrogen and oxygen atoms in total. The second-order valence-corrected chi connectivity index (χ2v) is 5.59. The molecule has 1 saturated carbocycles. The Morgan fingerprint density at radius 1 is 1.59 bits per heavy atom. The van der Waals surface area contributed by atoms with Gasteiger partial charge in [-0.1, -0.05) is 11.6 Å². The highest BCUT2D eigenvalue weighted by molar-refractivity contribution is 9.10. The van der Waals surface area contributed by atoms with Crippen molar-refractivity contribution in [3.8, 4) is 0 Å². The summed E-state index contributed by atoms with van der Waals surface area (Å²) in [6.45, 7) is 0. The Balaban J connectivity index is 2.35. The maximum Gasteiger partial charge on any atom is 0.303 e. The maximum absolute atomic E-state index is 13.3.